The molecule has 1 aliphatic carbocycles. The first-order chi connectivity index (χ1) is 8.97. The fourth-order valence-corrected chi connectivity index (χ4v) is 3.66. The summed E-state index contributed by atoms with van der Waals surface area (Å²) in [5.41, 5.74) is 1.15. The predicted octanol–water partition coefficient (Wildman–Crippen LogP) is 3.67. The maximum Gasteiger partial charge on any atom is 0.296 e. The summed E-state index contributed by atoms with van der Waals surface area (Å²) < 4.78 is 29.5. The highest BCUT2D eigenvalue weighted by molar-refractivity contribution is 7.86. The van der Waals surface area contributed by atoms with E-state index < -0.39 is 10.1 Å². The summed E-state index contributed by atoms with van der Waals surface area (Å²) in [5.74, 6) is 0. The van der Waals surface area contributed by atoms with Gasteiger partial charge in [0.15, 0.2) is 0 Å². The lowest BCUT2D eigenvalue weighted by Gasteiger charge is -2.41. The highest BCUT2D eigenvalue weighted by Gasteiger charge is 2.37. The Labute approximate surface area is 116 Å². The highest BCUT2D eigenvalue weighted by atomic mass is 32.2. The van der Waals surface area contributed by atoms with E-state index in [4.69, 9.17) is 4.18 Å². The van der Waals surface area contributed by atoms with Crippen LogP contribution in [0.3, 0.4) is 0 Å². The molecule has 19 heavy (non-hydrogen) atoms. The number of benzene rings is 1. The molecule has 1 aromatic rings. The molecule has 0 N–H and O–H groups in total. The van der Waals surface area contributed by atoms with E-state index in [0.29, 0.717) is 6.61 Å². The maximum absolute atomic E-state index is 12.1. The zero-order valence-electron chi connectivity index (χ0n) is 11.7. The number of rotatable bonds is 6. The van der Waals surface area contributed by atoms with Gasteiger partial charge in [-0.05, 0) is 43.7 Å². The van der Waals surface area contributed by atoms with Crippen LogP contribution in [0.15, 0.2) is 29.2 Å². The van der Waals surface area contributed by atoms with Crippen molar-refractivity contribution in [1.82, 2.24) is 0 Å². The van der Waals surface area contributed by atoms with E-state index >= 15 is 0 Å². The first-order valence-electron chi connectivity index (χ1n) is 6.94. The maximum atomic E-state index is 12.1. The van der Waals surface area contributed by atoms with Gasteiger partial charge in [0.05, 0.1) is 11.5 Å². The van der Waals surface area contributed by atoms with Crippen molar-refractivity contribution in [1.29, 1.82) is 0 Å². The molecule has 1 saturated carbocycles. The largest absolute Gasteiger partial charge is 0.296 e. The van der Waals surface area contributed by atoms with E-state index in [-0.39, 0.29) is 10.3 Å². The van der Waals surface area contributed by atoms with Gasteiger partial charge in [0.25, 0.3) is 10.1 Å². The smallest absolute Gasteiger partial charge is 0.266 e. The molecule has 1 fully saturated rings. The van der Waals surface area contributed by atoms with Gasteiger partial charge < -0.3 is 0 Å². The summed E-state index contributed by atoms with van der Waals surface area (Å²) in [6.07, 6.45) is 5.49. The average Bonchev–Trinajstić information content (AvgIpc) is 2.33. The quantitative estimate of drug-likeness (QED) is 0.748. The Hall–Kier alpha value is -0.870. The summed E-state index contributed by atoms with van der Waals surface area (Å²) in [5, 5.41) is 0. The van der Waals surface area contributed by atoms with Crippen LogP contribution in [-0.4, -0.2) is 15.0 Å². The summed E-state index contributed by atoms with van der Waals surface area (Å²) in [6, 6.07) is 6.80. The minimum atomic E-state index is -3.60. The van der Waals surface area contributed by atoms with E-state index in [1.165, 1.54) is 6.42 Å². The second-order valence-corrected chi connectivity index (χ2v) is 7.25. The van der Waals surface area contributed by atoms with E-state index in [1.54, 1.807) is 24.3 Å². The molecular formula is C15H22O3S. The second kappa shape index (κ2) is 5.63. The summed E-state index contributed by atoms with van der Waals surface area (Å²) in [6.45, 7) is 4.40. The van der Waals surface area contributed by atoms with Gasteiger partial charge >= 0.3 is 0 Å². The van der Waals surface area contributed by atoms with Crippen LogP contribution in [0.25, 0.3) is 0 Å². The van der Waals surface area contributed by atoms with Crippen molar-refractivity contribution in [2.24, 2.45) is 5.41 Å². The zero-order chi connectivity index (χ0) is 13.9. The minimum Gasteiger partial charge on any atom is -0.266 e. The van der Waals surface area contributed by atoms with E-state index in [9.17, 15) is 8.42 Å². The Morgan fingerprint density at radius 1 is 1.21 bits per heavy atom. The average molecular weight is 282 g/mol. The normalized spacial score (nSPS) is 18.0. The SMILES string of the molecule is CCCC1(COS(=O)(=O)c2ccc(C)cc2)CCC1. The van der Waals surface area contributed by atoms with Crippen LogP contribution in [0.4, 0.5) is 0 Å². The molecule has 0 bridgehead atoms. The zero-order valence-corrected chi connectivity index (χ0v) is 12.5. The minimum absolute atomic E-state index is 0.104. The fraction of sp³-hybridized carbons (Fsp3) is 0.600. The molecule has 106 valence electrons. The van der Waals surface area contributed by atoms with E-state index in [2.05, 4.69) is 6.92 Å². The van der Waals surface area contributed by atoms with Gasteiger partial charge in [0, 0.05) is 0 Å². The Morgan fingerprint density at radius 2 is 1.84 bits per heavy atom. The van der Waals surface area contributed by atoms with Crippen LogP contribution in [0, 0.1) is 12.3 Å². The molecule has 4 heteroatoms. The molecule has 1 aromatic carbocycles. The van der Waals surface area contributed by atoms with Crippen LogP contribution in [0.5, 0.6) is 0 Å². The van der Waals surface area contributed by atoms with Crippen molar-refractivity contribution in [2.75, 3.05) is 6.61 Å². The molecule has 0 radical (unpaired) electrons. The van der Waals surface area contributed by atoms with Crippen molar-refractivity contribution in [3.05, 3.63) is 29.8 Å². The molecular weight excluding hydrogens is 260 g/mol. The van der Waals surface area contributed by atoms with Gasteiger partial charge in [0.1, 0.15) is 0 Å². The molecule has 0 saturated heterocycles. The van der Waals surface area contributed by atoms with Crippen molar-refractivity contribution in [3.63, 3.8) is 0 Å². The van der Waals surface area contributed by atoms with Crippen LogP contribution >= 0.6 is 0 Å². The van der Waals surface area contributed by atoms with Crippen LogP contribution in [0.2, 0.25) is 0 Å². The van der Waals surface area contributed by atoms with Crippen LogP contribution in [0.1, 0.15) is 44.6 Å². The molecule has 0 spiro atoms. The summed E-state index contributed by atoms with van der Waals surface area (Å²) in [4.78, 5) is 0.254. The molecule has 1 aliphatic rings. The summed E-state index contributed by atoms with van der Waals surface area (Å²) >= 11 is 0. The number of aryl methyl sites for hydroxylation is 1. The lowest BCUT2D eigenvalue weighted by molar-refractivity contribution is 0.0510. The van der Waals surface area contributed by atoms with E-state index in [1.807, 2.05) is 6.92 Å². The second-order valence-electron chi connectivity index (χ2n) is 5.63. The van der Waals surface area contributed by atoms with Gasteiger partial charge in [-0.3, -0.25) is 4.18 Å². The predicted molar refractivity (Wildman–Crippen MR) is 75.5 cm³/mol. The van der Waals surface area contributed by atoms with Crippen LogP contribution < -0.4 is 0 Å². The first-order valence-corrected chi connectivity index (χ1v) is 8.34. The molecule has 0 heterocycles. The molecule has 0 aliphatic heterocycles. The standard InChI is InChI=1S/C15H22O3S/c1-3-9-15(10-4-11-15)12-18-19(16,17)14-7-5-13(2)6-8-14/h5-8H,3-4,9-12H2,1-2H3. The molecule has 3 nitrogen and oxygen atoms in total. The molecule has 0 amide bonds. The Balaban J connectivity index is 2.03. The molecule has 2 rings (SSSR count). The molecule has 0 aromatic heterocycles. The Kier molecular flexibility index (Phi) is 4.31. The summed E-state index contributed by atoms with van der Waals surface area (Å²) in [7, 11) is -3.60. The van der Waals surface area contributed by atoms with Gasteiger partial charge in [-0.1, -0.05) is 37.5 Å². The lowest BCUT2D eigenvalue weighted by Crippen LogP contribution is -2.35. The van der Waals surface area contributed by atoms with Crippen molar-refractivity contribution in [2.45, 2.75) is 50.8 Å². The Bertz CT molecular complexity index is 513. The lowest BCUT2D eigenvalue weighted by atomic mass is 9.67. The fourth-order valence-electron chi connectivity index (χ4n) is 2.65. The molecule has 0 unspecified atom stereocenters. The van der Waals surface area contributed by atoms with Crippen molar-refractivity contribution in [3.8, 4) is 0 Å². The van der Waals surface area contributed by atoms with Gasteiger partial charge in [-0.25, -0.2) is 0 Å². The topological polar surface area (TPSA) is 43.4 Å². The third-order valence-electron chi connectivity index (χ3n) is 4.02. The monoisotopic (exact) mass is 282 g/mol. The van der Waals surface area contributed by atoms with Gasteiger partial charge in [0.2, 0.25) is 0 Å². The third-order valence-corrected chi connectivity index (χ3v) is 5.30. The van der Waals surface area contributed by atoms with Gasteiger partial charge in [-0.15, -0.1) is 0 Å². The van der Waals surface area contributed by atoms with E-state index in [0.717, 1.165) is 31.2 Å². The molecule has 0 atom stereocenters. The van der Waals surface area contributed by atoms with Gasteiger partial charge in [-0.2, -0.15) is 8.42 Å². The van der Waals surface area contributed by atoms with Crippen molar-refractivity contribution >= 4 is 10.1 Å². The van der Waals surface area contributed by atoms with Crippen LogP contribution in [-0.2, 0) is 14.3 Å². The van der Waals surface area contributed by atoms with Crippen molar-refractivity contribution < 1.29 is 12.6 Å². The Morgan fingerprint density at radius 3 is 2.32 bits per heavy atom. The third kappa shape index (κ3) is 3.37. The highest BCUT2D eigenvalue weighted by Crippen LogP contribution is 2.45. The number of hydrogen-bond donors (Lipinski definition) is 0. The number of hydrogen-bond acceptors (Lipinski definition) is 3. The first kappa shape index (κ1) is 14.5.